The summed E-state index contributed by atoms with van der Waals surface area (Å²) in [4.78, 5) is 29.2. The van der Waals surface area contributed by atoms with Crippen molar-refractivity contribution in [3.8, 4) is 0 Å². The van der Waals surface area contributed by atoms with Gasteiger partial charge < -0.3 is 10.6 Å². The molecular formula is C17H19N3O2S. The summed E-state index contributed by atoms with van der Waals surface area (Å²) in [6.07, 6.45) is 4.50. The third kappa shape index (κ3) is 3.76. The van der Waals surface area contributed by atoms with Crippen LogP contribution in [0.3, 0.4) is 0 Å². The second-order valence-corrected chi connectivity index (χ2v) is 6.82. The number of anilines is 1. The van der Waals surface area contributed by atoms with Crippen molar-refractivity contribution in [1.29, 1.82) is 0 Å². The molecule has 0 unspecified atom stereocenters. The van der Waals surface area contributed by atoms with Crippen LogP contribution < -0.4 is 10.6 Å². The molecule has 120 valence electrons. The SMILES string of the molecule is CCc1ncc(C(=O)Nc2cc(C(=O)NC3CC3)ccc2C)s1. The molecule has 1 fully saturated rings. The molecule has 1 aliphatic carbocycles. The van der Waals surface area contributed by atoms with Gasteiger partial charge in [-0.05, 0) is 43.9 Å². The highest BCUT2D eigenvalue weighted by molar-refractivity contribution is 7.13. The molecule has 0 spiro atoms. The molecule has 2 aromatic rings. The fraction of sp³-hybridized carbons (Fsp3) is 0.353. The zero-order chi connectivity index (χ0) is 16.4. The molecule has 1 aromatic heterocycles. The first-order valence-corrected chi connectivity index (χ1v) is 8.56. The zero-order valence-corrected chi connectivity index (χ0v) is 14.0. The van der Waals surface area contributed by atoms with Gasteiger partial charge in [0.05, 0.1) is 11.2 Å². The number of aromatic nitrogens is 1. The fourth-order valence-electron chi connectivity index (χ4n) is 2.16. The number of hydrogen-bond acceptors (Lipinski definition) is 4. The van der Waals surface area contributed by atoms with Gasteiger partial charge in [0.2, 0.25) is 0 Å². The number of carbonyl (C=O) groups excluding carboxylic acids is 2. The van der Waals surface area contributed by atoms with Crippen molar-refractivity contribution in [3.63, 3.8) is 0 Å². The van der Waals surface area contributed by atoms with E-state index in [1.54, 1.807) is 18.3 Å². The minimum absolute atomic E-state index is 0.0888. The van der Waals surface area contributed by atoms with Crippen LogP contribution in [0, 0.1) is 6.92 Å². The third-order valence-electron chi connectivity index (χ3n) is 3.74. The smallest absolute Gasteiger partial charge is 0.267 e. The lowest BCUT2D eigenvalue weighted by atomic mass is 10.1. The molecule has 23 heavy (non-hydrogen) atoms. The van der Waals surface area contributed by atoms with Crippen molar-refractivity contribution in [1.82, 2.24) is 10.3 Å². The van der Waals surface area contributed by atoms with Crippen LogP contribution in [0.2, 0.25) is 0 Å². The van der Waals surface area contributed by atoms with Crippen LogP contribution in [-0.2, 0) is 6.42 Å². The van der Waals surface area contributed by atoms with Crippen LogP contribution in [0.15, 0.2) is 24.4 Å². The Morgan fingerprint density at radius 2 is 2.09 bits per heavy atom. The molecular weight excluding hydrogens is 310 g/mol. The molecule has 0 saturated heterocycles. The summed E-state index contributed by atoms with van der Waals surface area (Å²) < 4.78 is 0. The molecule has 2 amide bonds. The Morgan fingerprint density at radius 3 is 2.74 bits per heavy atom. The van der Waals surface area contributed by atoms with Crippen LogP contribution in [-0.4, -0.2) is 22.8 Å². The van der Waals surface area contributed by atoms with E-state index in [1.807, 2.05) is 19.9 Å². The molecule has 0 radical (unpaired) electrons. The van der Waals surface area contributed by atoms with Crippen molar-refractivity contribution in [2.24, 2.45) is 0 Å². The van der Waals surface area contributed by atoms with E-state index in [-0.39, 0.29) is 11.8 Å². The number of nitrogens with one attached hydrogen (secondary N) is 2. The maximum atomic E-state index is 12.3. The van der Waals surface area contributed by atoms with Crippen LogP contribution in [0.5, 0.6) is 0 Å². The Hall–Kier alpha value is -2.21. The maximum Gasteiger partial charge on any atom is 0.267 e. The van der Waals surface area contributed by atoms with Crippen molar-refractivity contribution in [2.45, 2.75) is 39.2 Å². The summed E-state index contributed by atoms with van der Waals surface area (Å²) in [6, 6.07) is 5.67. The third-order valence-corrected chi connectivity index (χ3v) is 4.88. The lowest BCUT2D eigenvalue weighted by Crippen LogP contribution is -2.25. The van der Waals surface area contributed by atoms with Crippen molar-refractivity contribution < 1.29 is 9.59 Å². The summed E-state index contributed by atoms with van der Waals surface area (Å²) in [5, 5.41) is 6.77. The van der Waals surface area contributed by atoms with Gasteiger partial charge >= 0.3 is 0 Å². The lowest BCUT2D eigenvalue weighted by Gasteiger charge is -2.10. The van der Waals surface area contributed by atoms with Crippen molar-refractivity contribution in [2.75, 3.05) is 5.32 Å². The van der Waals surface area contributed by atoms with E-state index in [0.29, 0.717) is 22.2 Å². The highest BCUT2D eigenvalue weighted by atomic mass is 32.1. The molecule has 1 saturated carbocycles. The lowest BCUT2D eigenvalue weighted by molar-refractivity contribution is 0.0949. The van der Waals surface area contributed by atoms with Gasteiger partial charge in [0, 0.05) is 17.3 Å². The first-order chi connectivity index (χ1) is 11.1. The average molecular weight is 329 g/mol. The number of amides is 2. The Bertz CT molecular complexity index is 750. The van der Waals surface area contributed by atoms with Gasteiger partial charge in [-0.2, -0.15) is 0 Å². The second kappa shape index (κ2) is 6.50. The molecule has 1 aromatic carbocycles. The average Bonchev–Trinajstić information content (AvgIpc) is 3.22. The topological polar surface area (TPSA) is 71.1 Å². The van der Waals surface area contributed by atoms with E-state index < -0.39 is 0 Å². The van der Waals surface area contributed by atoms with Gasteiger partial charge in [0.25, 0.3) is 11.8 Å². The first kappa shape index (κ1) is 15.7. The normalized spacial score (nSPS) is 13.7. The van der Waals surface area contributed by atoms with Crippen LogP contribution >= 0.6 is 11.3 Å². The summed E-state index contributed by atoms with van der Waals surface area (Å²) in [5.74, 6) is -0.279. The van der Waals surface area contributed by atoms with E-state index >= 15 is 0 Å². The quantitative estimate of drug-likeness (QED) is 0.885. The Kier molecular flexibility index (Phi) is 4.43. The number of nitrogens with zero attached hydrogens (tertiary/aromatic N) is 1. The Balaban J connectivity index is 1.75. The number of carbonyl (C=O) groups is 2. The van der Waals surface area contributed by atoms with E-state index in [1.165, 1.54) is 11.3 Å². The van der Waals surface area contributed by atoms with Gasteiger partial charge in [-0.1, -0.05) is 13.0 Å². The molecule has 2 N–H and O–H groups in total. The molecule has 3 rings (SSSR count). The first-order valence-electron chi connectivity index (χ1n) is 7.74. The van der Waals surface area contributed by atoms with E-state index in [9.17, 15) is 9.59 Å². The molecule has 1 heterocycles. The van der Waals surface area contributed by atoms with Crippen LogP contribution in [0.4, 0.5) is 5.69 Å². The highest BCUT2D eigenvalue weighted by Gasteiger charge is 2.24. The number of thiazole rings is 1. The second-order valence-electron chi connectivity index (χ2n) is 5.70. The molecule has 0 bridgehead atoms. The van der Waals surface area contributed by atoms with Crippen molar-refractivity contribution in [3.05, 3.63) is 45.4 Å². The van der Waals surface area contributed by atoms with E-state index in [4.69, 9.17) is 0 Å². The number of hydrogen-bond donors (Lipinski definition) is 2. The minimum atomic E-state index is -0.190. The van der Waals surface area contributed by atoms with Gasteiger partial charge in [0.1, 0.15) is 4.88 Å². The van der Waals surface area contributed by atoms with Gasteiger partial charge in [0.15, 0.2) is 0 Å². The summed E-state index contributed by atoms with van der Waals surface area (Å²) >= 11 is 1.39. The zero-order valence-electron chi connectivity index (χ0n) is 13.2. The largest absolute Gasteiger partial charge is 0.349 e. The Morgan fingerprint density at radius 1 is 1.30 bits per heavy atom. The van der Waals surface area contributed by atoms with Crippen molar-refractivity contribution >= 4 is 28.8 Å². The molecule has 0 atom stereocenters. The number of aryl methyl sites for hydroxylation is 2. The molecule has 6 heteroatoms. The monoisotopic (exact) mass is 329 g/mol. The fourth-order valence-corrected chi connectivity index (χ4v) is 2.91. The maximum absolute atomic E-state index is 12.3. The number of rotatable bonds is 5. The Labute approximate surface area is 139 Å². The predicted molar refractivity (Wildman–Crippen MR) is 91.1 cm³/mol. The molecule has 1 aliphatic rings. The van der Waals surface area contributed by atoms with E-state index in [0.717, 1.165) is 29.8 Å². The highest BCUT2D eigenvalue weighted by Crippen LogP contribution is 2.22. The van der Waals surface area contributed by atoms with Crippen LogP contribution in [0.25, 0.3) is 0 Å². The van der Waals surface area contributed by atoms with Gasteiger partial charge in [-0.3, -0.25) is 9.59 Å². The standard InChI is InChI=1S/C17H19N3O2S/c1-3-15-18-9-14(23-15)17(22)20-13-8-11(5-4-10(13)2)16(21)19-12-6-7-12/h4-5,8-9,12H,3,6-7H2,1-2H3,(H,19,21)(H,20,22). The summed E-state index contributed by atoms with van der Waals surface area (Å²) in [7, 11) is 0. The van der Waals surface area contributed by atoms with Crippen LogP contribution in [0.1, 0.15) is 50.4 Å². The van der Waals surface area contributed by atoms with E-state index in [2.05, 4.69) is 15.6 Å². The minimum Gasteiger partial charge on any atom is -0.349 e. The summed E-state index contributed by atoms with van der Waals surface area (Å²) in [5.41, 5.74) is 2.14. The molecule has 0 aliphatic heterocycles. The predicted octanol–water partition coefficient (Wildman–Crippen LogP) is 3.16. The van der Waals surface area contributed by atoms with Gasteiger partial charge in [-0.15, -0.1) is 11.3 Å². The summed E-state index contributed by atoms with van der Waals surface area (Å²) in [6.45, 7) is 3.91. The molecule has 5 nitrogen and oxygen atoms in total. The number of benzene rings is 1. The van der Waals surface area contributed by atoms with Gasteiger partial charge in [-0.25, -0.2) is 4.98 Å².